The van der Waals surface area contributed by atoms with Crippen LogP contribution in [0.2, 0.25) is 0 Å². The van der Waals surface area contributed by atoms with Crippen LogP contribution in [0, 0.1) is 13.8 Å². The van der Waals surface area contributed by atoms with E-state index in [1.807, 2.05) is 0 Å². The Labute approximate surface area is 124 Å². The molecule has 2 rings (SSSR count). The average molecular weight is 318 g/mol. The third-order valence-electron chi connectivity index (χ3n) is 3.37. The van der Waals surface area contributed by atoms with Gasteiger partial charge in [-0.2, -0.15) is 0 Å². The molecule has 0 saturated carbocycles. The number of alkyl halides is 1. The number of halogens is 1. The van der Waals surface area contributed by atoms with E-state index in [9.17, 15) is 0 Å². The summed E-state index contributed by atoms with van der Waals surface area (Å²) in [5, 5.41) is 0.912. The smallest absolute Gasteiger partial charge is 0.0426 e. The molecule has 0 spiro atoms. The molecule has 0 amide bonds. The van der Waals surface area contributed by atoms with Gasteiger partial charge in [-0.15, -0.1) is 0 Å². The Morgan fingerprint density at radius 3 is 2.16 bits per heavy atom. The van der Waals surface area contributed by atoms with Crippen molar-refractivity contribution in [1.29, 1.82) is 0 Å². The second-order valence-corrected chi connectivity index (χ2v) is 5.66. The molecule has 0 heterocycles. The number of benzene rings is 2. The minimum Gasteiger partial charge on any atom is -0.370 e. The zero-order chi connectivity index (χ0) is 13.8. The number of nitrogens with zero attached hydrogens (tertiary/aromatic N) is 1. The van der Waals surface area contributed by atoms with E-state index in [4.69, 9.17) is 0 Å². The van der Waals surface area contributed by atoms with Crippen LogP contribution < -0.4 is 4.90 Å². The molecule has 19 heavy (non-hydrogen) atoms. The Balaban J connectivity index is 2.15. The number of aryl methyl sites for hydroxylation is 2. The first kappa shape index (κ1) is 14.1. The molecular weight excluding hydrogens is 298 g/mol. The first-order valence-electron chi connectivity index (χ1n) is 6.52. The van der Waals surface area contributed by atoms with Gasteiger partial charge in [0.15, 0.2) is 0 Å². The molecule has 0 aliphatic carbocycles. The molecule has 2 heteroatoms. The fourth-order valence-electron chi connectivity index (χ4n) is 2.28. The van der Waals surface area contributed by atoms with Gasteiger partial charge >= 0.3 is 0 Å². The SMILES string of the molecule is Cc1ccc(CN(C)c2ccc(CBr)cc2C)cc1. The van der Waals surface area contributed by atoms with E-state index in [1.165, 1.54) is 27.9 Å². The summed E-state index contributed by atoms with van der Waals surface area (Å²) in [6.07, 6.45) is 0. The summed E-state index contributed by atoms with van der Waals surface area (Å²) >= 11 is 3.50. The molecule has 1 nitrogen and oxygen atoms in total. The quantitative estimate of drug-likeness (QED) is 0.730. The average Bonchev–Trinajstić information content (AvgIpc) is 2.41. The van der Waals surface area contributed by atoms with Gasteiger partial charge in [0.25, 0.3) is 0 Å². The first-order chi connectivity index (χ1) is 9.10. The highest BCUT2D eigenvalue weighted by Crippen LogP contribution is 2.23. The zero-order valence-corrected chi connectivity index (χ0v) is 13.4. The summed E-state index contributed by atoms with van der Waals surface area (Å²) in [6.45, 7) is 5.23. The highest BCUT2D eigenvalue weighted by molar-refractivity contribution is 9.08. The van der Waals surface area contributed by atoms with E-state index in [-0.39, 0.29) is 0 Å². The molecule has 0 fully saturated rings. The van der Waals surface area contributed by atoms with E-state index >= 15 is 0 Å². The van der Waals surface area contributed by atoms with Crippen molar-refractivity contribution in [2.45, 2.75) is 25.7 Å². The number of anilines is 1. The Morgan fingerprint density at radius 2 is 1.58 bits per heavy atom. The molecule has 0 aliphatic heterocycles. The van der Waals surface area contributed by atoms with E-state index in [0.29, 0.717) is 0 Å². The van der Waals surface area contributed by atoms with Crippen LogP contribution in [0.1, 0.15) is 22.3 Å². The van der Waals surface area contributed by atoms with Crippen LogP contribution in [0.5, 0.6) is 0 Å². The lowest BCUT2D eigenvalue weighted by atomic mass is 10.1. The number of hydrogen-bond donors (Lipinski definition) is 0. The standard InChI is InChI=1S/C17H20BrN/c1-13-4-6-15(7-5-13)12-19(3)17-9-8-16(11-18)10-14(17)2/h4-10H,11-12H2,1-3H3. The fourth-order valence-corrected chi connectivity index (χ4v) is 2.63. The summed E-state index contributed by atoms with van der Waals surface area (Å²) < 4.78 is 0. The van der Waals surface area contributed by atoms with Gasteiger partial charge in [0.2, 0.25) is 0 Å². The minimum absolute atomic E-state index is 0.912. The van der Waals surface area contributed by atoms with E-state index in [1.54, 1.807) is 0 Å². The van der Waals surface area contributed by atoms with Crippen LogP contribution in [0.4, 0.5) is 5.69 Å². The van der Waals surface area contributed by atoms with Gasteiger partial charge in [-0.05, 0) is 36.6 Å². The summed E-state index contributed by atoms with van der Waals surface area (Å²) in [7, 11) is 2.15. The third kappa shape index (κ3) is 3.60. The Bertz CT molecular complexity index is 546. The summed E-state index contributed by atoms with van der Waals surface area (Å²) in [6, 6.07) is 15.4. The van der Waals surface area contributed by atoms with Crippen LogP contribution in [-0.4, -0.2) is 7.05 Å². The van der Waals surface area contributed by atoms with Gasteiger partial charge in [-0.1, -0.05) is 57.9 Å². The largest absolute Gasteiger partial charge is 0.370 e. The molecule has 0 saturated heterocycles. The van der Waals surface area contributed by atoms with E-state index in [2.05, 4.69) is 84.2 Å². The summed E-state index contributed by atoms with van der Waals surface area (Å²) in [4.78, 5) is 2.30. The fraction of sp³-hybridized carbons (Fsp3) is 0.294. The van der Waals surface area contributed by atoms with Crippen LogP contribution >= 0.6 is 15.9 Å². The van der Waals surface area contributed by atoms with Crippen molar-refractivity contribution >= 4 is 21.6 Å². The molecule has 0 aliphatic rings. The topological polar surface area (TPSA) is 3.24 Å². The maximum Gasteiger partial charge on any atom is 0.0426 e. The first-order valence-corrected chi connectivity index (χ1v) is 7.64. The van der Waals surface area contributed by atoms with Crippen molar-refractivity contribution in [3.63, 3.8) is 0 Å². The van der Waals surface area contributed by atoms with E-state index < -0.39 is 0 Å². The van der Waals surface area contributed by atoms with Crippen molar-refractivity contribution in [2.24, 2.45) is 0 Å². The number of hydrogen-bond acceptors (Lipinski definition) is 1. The molecule has 2 aromatic carbocycles. The second-order valence-electron chi connectivity index (χ2n) is 5.10. The predicted molar refractivity (Wildman–Crippen MR) is 87.1 cm³/mol. The number of rotatable bonds is 4. The summed E-state index contributed by atoms with van der Waals surface area (Å²) in [5.41, 5.74) is 6.60. The highest BCUT2D eigenvalue weighted by Gasteiger charge is 2.06. The Hall–Kier alpha value is -1.28. The molecule has 100 valence electrons. The van der Waals surface area contributed by atoms with Crippen molar-refractivity contribution in [2.75, 3.05) is 11.9 Å². The molecule has 2 aromatic rings. The zero-order valence-electron chi connectivity index (χ0n) is 11.8. The highest BCUT2D eigenvalue weighted by atomic mass is 79.9. The van der Waals surface area contributed by atoms with Gasteiger partial charge in [-0.25, -0.2) is 0 Å². The molecule has 0 radical (unpaired) electrons. The lowest BCUT2D eigenvalue weighted by Crippen LogP contribution is -2.17. The Kier molecular flexibility index (Phi) is 4.65. The van der Waals surface area contributed by atoms with Crippen LogP contribution in [0.25, 0.3) is 0 Å². The van der Waals surface area contributed by atoms with Crippen molar-refractivity contribution in [3.05, 3.63) is 64.7 Å². The lowest BCUT2D eigenvalue weighted by molar-refractivity contribution is 0.916. The summed E-state index contributed by atoms with van der Waals surface area (Å²) in [5.74, 6) is 0. The van der Waals surface area contributed by atoms with Crippen molar-refractivity contribution in [1.82, 2.24) is 0 Å². The van der Waals surface area contributed by atoms with Crippen molar-refractivity contribution < 1.29 is 0 Å². The molecule has 0 atom stereocenters. The minimum atomic E-state index is 0.912. The molecule has 0 N–H and O–H groups in total. The van der Waals surface area contributed by atoms with Crippen LogP contribution in [0.15, 0.2) is 42.5 Å². The molecule has 0 aromatic heterocycles. The van der Waals surface area contributed by atoms with Gasteiger partial charge in [0.1, 0.15) is 0 Å². The molecule has 0 unspecified atom stereocenters. The van der Waals surface area contributed by atoms with Crippen LogP contribution in [-0.2, 0) is 11.9 Å². The second kappa shape index (κ2) is 6.25. The van der Waals surface area contributed by atoms with Gasteiger partial charge < -0.3 is 4.90 Å². The monoisotopic (exact) mass is 317 g/mol. The van der Waals surface area contributed by atoms with Gasteiger partial charge in [0, 0.05) is 24.6 Å². The van der Waals surface area contributed by atoms with Crippen molar-refractivity contribution in [3.8, 4) is 0 Å². The predicted octanol–water partition coefficient (Wildman–Crippen LogP) is 4.83. The third-order valence-corrected chi connectivity index (χ3v) is 4.01. The normalized spacial score (nSPS) is 10.5. The van der Waals surface area contributed by atoms with Gasteiger partial charge in [-0.3, -0.25) is 0 Å². The lowest BCUT2D eigenvalue weighted by Gasteiger charge is -2.22. The maximum absolute atomic E-state index is 3.50. The maximum atomic E-state index is 3.50. The van der Waals surface area contributed by atoms with Gasteiger partial charge in [0.05, 0.1) is 0 Å². The molecule has 0 bridgehead atoms. The van der Waals surface area contributed by atoms with Crippen LogP contribution in [0.3, 0.4) is 0 Å². The van der Waals surface area contributed by atoms with E-state index in [0.717, 1.165) is 11.9 Å². The Morgan fingerprint density at radius 1 is 0.947 bits per heavy atom. The molecular formula is C17H20BrN.